The molecule has 10 heteroatoms. The van der Waals surface area contributed by atoms with Gasteiger partial charge in [0.05, 0.1) is 25.7 Å². The zero-order chi connectivity index (χ0) is 25.3. The van der Waals surface area contributed by atoms with Gasteiger partial charge in [-0.2, -0.15) is 0 Å². The highest BCUT2D eigenvalue weighted by Crippen LogP contribution is 2.30. The monoisotopic (exact) mass is 491 g/mol. The zero-order valence-corrected chi connectivity index (χ0v) is 21.1. The van der Waals surface area contributed by atoms with Gasteiger partial charge in [-0.3, -0.25) is 13.9 Å². The molecule has 0 radical (unpaired) electrons. The van der Waals surface area contributed by atoms with Gasteiger partial charge in [0.1, 0.15) is 24.1 Å². The quantitative estimate of drug-likeness (QED) is 0.489. The highest BCUT2D eigenvalue weighted by atomic mass is 32.2. The molecule has 0 bridgehead atoms. The van der Waals surface area contributed by atoms with E-state index in [4.69, 9.17) is 9.47 Å². The van der Waals surface area contributed by atoms with Gasteiger partial charge in [0.25, 0.3) is 0 Å². The van der Waals surface area contributed by atoms with E-state index in [1.165, 1.54) is 11.9 Å². The fraction of sp³-hybridized carbons (Fsp3) is 0.417. The number of nitrogens with one attached hydrogen (secondary N) is 1. The minimum atomic E-state index is -3.84. The Morgan fingerprint density at radius 2 is 1.79 bits per heavy atom. The molecule has 1 atom stereocenters. The molecule has 34 heavy (non-hydrogen) atoms. The van der Waals surface area contributed by atoms with E-state index >= 15 is 0 Å². The van der Waals surface area contributed by atoms with Crippen LogP contribution in [-0.2, 0) is 26.2 Å². The molecule has 0 aliphatic carbocycles. The lowest BCUT2D eigenvalue weighted by atomic mass is 10.1. The summed E-state index contributed by atoms with van der Waals surface area (Å²) < 4.78 is 37.3. The predicted octanol–water partition coefficient (Wildman–Crippen LogP) is 2.41. The van der Waals surface area contributed by atoms with Gasteiger partial charge in [-0.15, -0.1) is 0 Å². The van der Waals surface area contributed by atoms with Crippen LogP contribution in [0, 0.1) is 0 Å². The number of rotatable bonds is 12. The summed E-state index contributed by atoms with van der Waals surface area (Å²) in [7, 11) is -0.801. The van der Waals surface area contributed by atoms with Crippen molar-refractivity contribution in [3.05, 3.63) is 54.1 Å². The molecule has 0 saturated carbocycles. The molecule has 186 valence electrons. The molecule has 1 unspecified atom stereocenters. The molecule has 0 saturated heterocycles. The summed E-state index contributed by atoms with van der Waals surface area (Å²) in [5, 5.41) is 2.59. The van der Waals surface area contributed by atoms with Crippen molar-refractivity contribution in [3.8, 4) is 11.5 Å². The Labute approximate surface area is 201 Å². The maximum absolute atomic E-state index is 13.6. The summed E-state index contributed by atoms with van der Waals surface area (Å²) in [4.78, 5) is 27.6. The average Bonchev–Trinajstić information content (AvgIpc) is 2.82. The van der Waals surface area contributed by atoms with Crippen molar-refractivity contribution in [2.75, 3.05) is 37.9 Å². The number of hydrogen-bond donors (Lipinski definition) is 1. The summed E-state index contributed by atoms with van der Waals surface area (Å²) in [5.74, 6) is 0.108. The Hall–Kier alpha value is -3.27. The van der Waals surface area contributed by atoms with Crippen LogP contribution in [0.1, 0.15) is 25.8 Å². The van der Waals surface area contributed by atoms with Gasteiger partial charge in [0, 0.05) is 13.6 Å². The Kier molecular flexibility index (Phi) is 9.73. The standard InChI is InChI=1S/C24H33N3O6S/c1-6-20(24(29)25-3)26(16-18-11-10-12-19(15-18)32-4)23(28)17-27(34(5,30)31)21-13-8-9-14-22(21)33-7-2/h8-15,20H,6-7,16-17H2,1-5H3,(H,25,29). The van der Waals surface area contributed by atoms with Gasteiger partial charge in [-0.25, -0.2) is 8.42 Å². The van der Waals surface area contributed by atoms with Gasteiger partial charge >= 0.3 is 0 Å². The van der Waals surface area contributed by atoms with Crippen molar-refractivity contribution in [2.24, 2.45) is 0 Å². The molecular formula is C24H33N3O6S. The van der Waals surface area contributed by atoms with E-state index in [1.807, 2.05) is 6.07 Å². The lowest BCUT2D eigenvalue weighted by molar-refractivity contribution is -0.140. The lowest BCUT2D eigenvalue weighted by Gasteiger charge is -2.33. The Bertz CT molecular complexity index is 1090. The third-order valence-electron chi connectivity index (χ3n) is 5.23. The average molecular weight is 492 g/mol. The van der Waals surface area contributed by atoms with Crippen molar-refractivity contribution in [2.45, 2.75) is 32.9 Å². The van der Waals surface area contributed by atoms with E-state index in [0.717, 1.165) is 16.1 Å². The topological polar surface area (TPSA) is 105 Å². The van der Waals surface area contributed by atoms with E-state index in [2.05, 4.69) is 5.32 Å². The van der Waals surface area contributed by atoms with Crippen LogP contribution in [0.3, 0.4) is 0 Å². The number of anilines is 1. The maximum Gasteiger partial charge on any atom is 0.244 e. The number of ether oxygens (including phenoxy) is 2. The number of hydrogen-bond acceptors (Lipinski definition) is 6. The highest BCUT2D eigenvalue weighted by molar-refractivity contribution is 7.92. The van der Waals surface area contributed by atoms with Crippen molar-refractivity contribution in [3.63, 3.8) is 0 Å². The van der Waals surface area contributed by atoms with Crippen LogP contribution in [0.4, 0.5) is 5.69 Å². The fourth-order valence-corrected chi connectivity index (χ4v) is 4.44. The van der Waals surface area contributed by atoms with E-state index in [0.29, 0.717) is 24.5 Å². The molecule has 2 aromatic carbocycles. The third-order valence-corrected chi connectivity index (χ3v) is 6.36. The number of nitrogens with zero attached hydrogens (tertiary/aromatic N) is 2. The smallest absolute Gasteiger partial charge is 0.244 e. The molecule has 9 nitrogen and oxygen atoms in total. The van der Waals surface area contributed by atoms with Crippen LogP contribution in [0.15, 0.2) is 48.5 Å². The molecule has 0 aromatic heterocycles. The second-order valence-electron chi connectivity index (χ2n) is 7.58. The van der Waals surface area contributed by atoms with Crippen LogP contribution in [-0.4, -0.2) is 64.7 Å². The molecule has 0 spiro atoms. The van der Waals surface area contributed by atoms with Crippen LogP contribution in [0.5, 0.6) is 11.5 Å². The minimum absolute atomic E-state index is 0.104. The molecule has 0 heterocycles. The van der Waals surface area contributed by atoms with Crippen LogP contribution >= 0.6 is 0 Å². The minimum Gasteiger partial charge on any atom is -0.497 e. The first-order valence-corrected chi connectivity index (χ1v) is 12.8. The van der Waals surface area contributed by atoms with Crippen molar-refractivity contribution >= 4 is 27.5 Å². The zero-order valence-electron chi connectivity index (χ0n) is 20.3. The first-order chi connectivity index (χ1) is 16.2. The third kappa shape index (κ3) is 6.86. The number of para-hydroxylation sites is 2. The predicted molar refractivity (Wildman–Crippen MR) is 131 cm³/mol. The molecular weight excluding hydrogens is 458 g/mol. The number of methoxy groups -OCH3 is 1. The summed E-state index contributed by atoms with van der Waals surface area (Å²) >= 11 is 0. The number of carbonyl (C=O) groups is 2. The van der Waals surface area contributed by atoms with Gasteiger partial charge in [-0.1, -0.05) is 31.2 Å². The molecule has 1 N–H and O–H groups in total. The molecule has 0 aliphatic heterocycles. The second-order valence-corrected chi connectivity index (χ2v) is 9.49. The maximum atomic E-state index is 13.6. The first kappa shape index (κ1) is 27.0. The largest absolute Gasteiger partial charge is 0.497 e. The number of amides is 2. The molecule has 2 rings (SSSR count). The normalized spacial score (nSPS) is 11.9. The molecule has 0 fully saturated rings. The van der Waals surface area contributed by atoms with Gasteiger partial charge in [0.2, 0.25) is 21.8 Å². The highest BCUT2D eigenvalue weighted by Gasteiger charge is 2.32. The van der Waals surface area contributed by atoms with Gasteiger partial charge in [-0.05, 0) is 43.2 Å². The molecule has 0 aliphatic rings. The number of benzene rings is 2. The van der Waals surface area contributed by atoms with Gasteiger partial charge in [0.15, 0.2) is 0 Å². The van der Waals surface area contributed by atoms with Crippen LogP contribution in [0.2, 0.25) is 0 Å². The van der Waals surface area contributed by atoms with Crippen molar-refractivity contribution in [1.82, 2.24) is 10.2 Å². The number of sulfonamides is 1. The fourth-order valence-electron chi connectivity index (χ4n) is 3.59. The van der Waals surface area contributed by atoms with Crippen molar-refractivity contribution < 1.29 is 27.5 Å². The van der Waals surface area contributed by atoms with E-state index < -0.39 is 28.5 Å². The molecule has 2 amide bonds. The summed E-state index contributed by atoms with van der Waals surface area (Å²) in [6.07, 6.45) is 1.38. The van der Waals surface area contributed by atoms with Crippen LogP contribution < -0.4 is 19.1 Å². The van der Waals surface area contributed by atoms with E-state index in [-0.39, 0.29) is 18.1 Å². The number of carbonyl (C=O) groups excluding carboxylic acids is 2. The Morgan fingerprint density at radius 1 is 1.09 bits per heavy atom. The van der Waals surface area contributed by atoms with Crippen LogP contribution in [0.25, 0.3) is 0 Å². The molecule has 2 aromatic rings. The summed E-state index contributed by atoms with van der Waals surface area (Å²) in [6, 6.07) is 13.0. The van der Waals surface area contributed by atoms with E-state index in [9.17, 15) is 18.0 Å². The van der Waals surface area contributed by atoms with E-state index in [1.54, 1.807) is 63.4 Å². The van der Waals surface area contributed by atoms with Crippen molar-refractivity contribution in [1.29, 1.82) is 0 Å². The lowest BCUT2D eigenvalue weighted by Crippen LogP contribution is -2.51. The SMILES string of the molecule is CCOc1ccccc1N(CC(=O)N(Cc1cccc(OC)c1)C(CC)C(=O)NC)S(C)(=O)=O. The first-order valence-electron chi connectivity index (χ1n) is 11.0. The number of likely N-dealkylation sites (N-methyl/N-ethyl adjacent to an activating group) is 1. The Balaban J connectivity index is 2.48. The van der Waals surface area contributed by atoms with Gasteiger partial charge < -0.3 is 19.7 Å². The summed E-state index contributed by atoms with van der Waals surface area (Å²) in [6.45, 7) is 3.54. The Morgan fingerprint density at radius 3 is 2.38 bits per heavy atom. The summed E-state index contributed by atoms with van der Waals surface area (Å²) in [5.41, 5.74) is 1.00. The second kappa shape index (κ2) is 12.3.